The van der Waals surface area contributed by atoms with Gasteiger partial charge in [0.1, 0.15) is 5.69 Å². The number of rotatable bonds is 3. The van der Waals surface area contributed by atoms with Crippen molar-refractivity contribution in [3.63, 3.8) is 0 Å². The molecule has 0 N–H and O–H groups in total. The number of sulfone groups is 1. The second-order valence-electron chi connectivity index (χ2n) is 5.75. The van der Waals surface area contributed by atoms with Gasteiger partial charge in [-0.25, -0.2) is 12.9 Å². The van der Waals surface area contributed by atoms with Gasteiger partial charge in [0.25, 0.3) is 5.91 Å². The number of nitrogens with zero attached hydrogens (tertiary/aromatic N) is 3. The topological polar surface area (TPSA) is 71.8 Å². The first kappa shape index (κ1) is 16.2. The Morgan fingerprint density at radius 1 is 1.08 bits per heavy atom. The molecule has 3 rings (SSSR count). The second-order valence-corrected chi connectivity index (χ2v) is 7.73. The third-order valence-electron chi connectivity index (χ3n) is 3.70. The Balaban J connectivity index is 2.35. The zero-order valence-electron chi connectivity index (χ0n) is 13.6. The Morgan fingerprint density at radius 3 is 2.46 bits per heavy atom. The quantitative estimate of drug-likeness (QED) is 0.730. The monoisotopic (exact) mass is 343 g/mol. The van der Waals surface area contributed by atoms with Gasteiger partial charge in [-0.3, -0.25) is 4.79 Å². The van der Waals surface area contributed by atoms with Crippen LogP contribution in [0.15, 0.2) is 53.6 Å². The van der Waals surface area contributed by atoms with Crippen LogP contribution in [-0.2, 0) is 9.84 Å². The Hall–Kier alpha value is -2.67. The second kappa shape index (κ2) is 5.76. The van der Waals surface area contributed by atoms with Gasteiger partial charge in [-0.2, -0.15) is 5.10 Å². The first-order chi connectivity index (χ1) is 11.3. The molecule has 0 spiro atoms. The maximum Gasteiger partial charge on any atom is 0.273 e. The molecule has 1 aromatic carbocycles. The van der Waals surface area contributed by atoms with Crippen LogP contribution >= 0.6 is 0 Å². The molecule has 1 amide bonds. The molecule has 3 aromatic rings. The van der Waals surface area contributed by atoms with E-state index < -0.39 is 9.84 Å². The van der Waals surface area contributed by atoms with E-state index in [9.17, 15) is 13.2 Å². The minimum absolute atomic E-state index is 0.225. The summed E-state index contributed by atoms with van der Waals surface area (Å²) in [6, 6.07) is 12.0. The van der Waals surface area contributed by atoms with Gasteiger partial charge >= 0.3 is 0 Å². The molecule has 0 fully saturated rings. The lowest BCUT2D eigenvalue weighted by Crippen LogP contribution is -2.23. The fraction of sp³-hybridized carbons (Fsp3) is 0.176. The fourth-order valence-electron chi connectivity index (χ4n) is 2.59. The molecule has 0 saturated carbocycles. The van der Waals surface area contributed by atoms with E-state index in [1.165, 1.54) is 11.2 Å². The highest BCUT2D eigenvalue weighted by Crippen LogP contribution is 2.31. The van der Waals surface area contributed by atoms with Crippen LogP contribution < -0.4 is 0 Å². The van der Waals surface area contributed by atoms with Gasteiger partial charge in [-0.15, -0.1) is 0 Å². The van der Waals surface area contributed by atoms with E-state index in [1.807, 2.05) is 6.07 Å². The lowest BCUT2D eigenvalue weighted by Gasteiger charge is -2.14. The number of hydrogen-bond acceptors (Lipinski definition) is 4. The van der Waals surface area contributed by atoms with Crippen LogP contribution in [0.25, 0.3) is 16.6 Å². The van der Waals surface area contributed by atoms with E-state index in [0.717, 1.165) is 5.52 Å². The molecule has 0 unspecified atom stereocenters. The van der Waals surface area contributed by atoms with Crippen LogP contribution in [0.4, 0.5) is 0 Å². The molecule has 2 aromatic heterocycles. The third-order valence-corrected chi connectivity index (χ3v) is 4.86. The molecule has 124 valence electrons. The van der Waals surface area contributed by atoms with Gasteiger partial charge in [0.05, 0.1) is 10.4 Å². The molecular weight excluding hydrogens is 326 g/mol. The van der Waals surface area contributed by atoms with Gasteiger partial charge in [0.2, 0.25) is 0 Å². The first-order valence-corrected chi connectivity index (χ1v) is 9.17. The molecule has 0 radical (unpaired) electrons. The number of carbonyl (C=O) groups excluding carboxylic acids is 1. The summed E-state index contributed by atoms with van der Waals surface area (Å²) >= 11 is 0. The van der Waals surface area contributed by atoms with Crippen molar-refractivity contribution in [2.45, 2.75) is 4.90 Å². The first-order valence-electron chi connectivity index (χ1n) is 7.28. The van der Waals surface area contributed by atoms with Crippen LogP contribution in [0, 0.1) is 0 Å². The maximum atomic E-state index is 12.3. The number of carbonyl (C=O) groups is 1. The highest BCUT2D eigenvalue weighted by atomic mass is 32.2. The molecule has 24 heavy (non-hydrogen) atoms. The summed E-state index contributed by atoms with van der Waals surface area (Å²) in [5.74, 6) is -0.247. The van der Waals surface area contributed by atoms with Crippen molar-refractivity contribution in [3.8, 4) is 11.1 Å². The predicted octanol–water partition coefficient (Wildman–Crippen LogP) is 2.11. The van der Waals surface area contributed by atoms with Crippen molar-refractivity contribution < 1.29 is 13.2 Å². The normalized spacial score (nSPS) is 11.6. The summed E-state index contributed by atoms with van der Waals surface area (Å²) in [4.78, 5) is 14.0. The van der Waals surface area contributed by atoms with Crippen LogP contribution in [0.5, 0.6) is 0 Å². The van der Waals surface area contributed by atoms with Crippen molar-refractivity contribution in [2.75, 3.05) is 20.4 Å². The lowest BCUT2D eigenvalue weighted by atomic mass is 10.0. The standard InChI is InChI=1S/C17H17N3O3S/c1-19(2)17(21)14-11-13(15-8-6-10-20(15)18-14)12-7-4-5-9-16(12)24(3,22)23/h4-11H,1-3H3. The maximum absolute atomic E-state index is 12.3. The van der Waals surface area contributed by atoms with Crippen molar-refractivity contribution in [2.24, 2.45) is 0 Å². The van der Waals surface area contributed by atoms with E-state index >= 15 is 0 Å². The number of amides is 1. The predicted molar refractivity (Wildman–Crippen MR) is 91.8 cm³/mol. The number of aromatic nitrogens is 2. The summed E-state index contributed by atoms with van der Waals surface area (Å²) in [7, 11) is -0.114. The number of fused-ring (bicyclic) bond motifs is 1. The summed E-state index contributed by atoms with van der Waals surface area (Å²) < 4.78 is 25.9. The molecular formula is C17H17N3O3S. The van der Waals surface area contributed by atoms with E-state index in [2.05, 4.69) is 5.10 Å². The van der Waals surface area contributed by atoms with Gasteiger partial charge in [0.15, 0.2) is 9.84 Å². The molecule has 0 bridgehead atoms. The summed E-state index contributed by atoms with van der Waals surface area (Å²) in [5.41, 5.74) is 2.20. The lowest BCUT2D eigenvalue weighted by molar-refractivity contribution is 0.0820. The van der Waals surface area contributed by atoms with Crippen molar-refractivity contribution in [3.05, 3.63) is 54.4 Å². The van der Waals surface area contributed by atoms with Crippen LogP contribution in [0.2, 0.25) is 0 Å². The average Bonchev–Trinajstić information content (AvgIpc) is 3.00. The Bertz CT molecular complexity index is 1040. The molecule has 0 saturated heterocycles. The van der Waals surface area contributed by atoms with E-state index in [1.54, 1.807) is 61.2 Å². The van der Waals surface area contributed by atoms with Crippen molar-refractivity contribution >= 4 is 21.3 Å². The van der Waals surface area contributed by atoms with Gasteiger partial charge in [-0.05, 0) is 24.3 Å². The molecule has 0 atom stereocenters. The number of hydrogen-bond donors (Lipinski definition) is 0. The van der Waals surface area contributed by atoms with Crippen molar-refractivity contribution in [1.29, 1.82) is 0 Å². The Morgan fingerprint density at radius 2 is 1.79 bits per heavy atom. The summed E-state index contributed by atoms with van der Waals surface area (Å²) in [6.07, 6.45) is 2.91. The van der Waals surface area contributed by atoms with Crippen LogP contribution in [-0.4, -0.2) is 49.2 Å². The Labute approximate surface area is 140 Å². The zero-order chi connectivity index (χ0) is 17.5. The molecule has 0 aliphatic rings. The minimum Gasteiger partial charge on any atom is -0.343 e. The molecule has 6 nitrogen and oxygen atoms in total. The summed E-state index contributed by atoms with van der Waals surface area (Å²) in [5, 5.41) is 4.31. The number of benzene rings is 1. The molecule has 7 heteroatoms. The van der Waals surface area contributed by atoms with E-state index in [0.29, 0.717) is 11.1 Å². The van der Waals surface area contributed by atoms with E-state index in [-0.39, 0.29) is 16.5 Å². The Kier molecular flexibility index (Phi) is 3.88. The fourth-order valence-corrected chi connectivity index (χ4v) is 3.49. The zero-order valence-corrected chi connectivity index (χ0v) is 14.4. The van der Waals surface area contributed by atoms with Gasteiger partial charge < -0.3 is 4.90 Å². The average molecular weight is 343 g/mol. The van der Waals surface area contributed by atoms with E-state index in [4.69, 9.17) is 0 Å². The van der Waals surface area contributed by atoms with Gasteiger partial charge in [-0.1, -0.05) is 18.2 Å². The SMILES string of the molecule is CN(C)C(=O)c1cc(-c2ccccc2S(C)(=O)=O)c2cccn2n1. The largest absolute Gasteiger partial charge is 0.343 e. The summed E-state index contributed by atoms with van der Waals surface area (Å²) in [6.45, 7) is 0. The van der Waals surface area contributed by atoms with Crippen LogP contribution in [0.1, 0.15) is 10.5 Å². The smallest absolute Gasteiger partial charge is 0.273 e. The highest BCUT2D eigenvalue weighted by molar-refractivity contribution is 7.90. The minimum atomic E-state index is -3.41. The third kappa shape index (κ3) is 2.78. The molecule has 0 aliphatic carbocycles. The van der Waals surface area contributed by atoms with Crippen molar-refractivity contribution in [1.82, 2.24) is 14.5 Å². The molecule has 2 heterocycles. The molecule has 0 aliphatic heterocycles. The highest BCUT2D eigenvalue weighted by Gasteiger charge is 2.19. The van der Waals surface area contributed by atoms with Crippen LogP contribution in [0.3, 0.4) is 0 Å². The van der Waals surface area contributed by atoms with Gasteiger partial charge in [0, 0.05) is 37.7 Å².